The number of imide groups is 1. The number of rotatable bonds is 7. The number of hydrogen-bond donors (Lipinski definition) is 2. The van der Waals surface area contributed by atoms with Crippen molar-refractivity contribution in [3.05, 3.63) is 119 Å². The normalized spacial score (nSPS) is 17.6. The quantitative estimate of drug-likeness (QED) is 0.170. The van der Waals surface area contributed by atoms with Gasteiger partial charge in [-0.25, -0.2) is 4.79 Å². The Morgan fingerprint density at radius 3 is 2.26 bits per heavy atom. The highest BCUT2D eigenvalue weighted by Gasteiger charge is 2.55. The van der Waals surface area contributed by atoms with Crippen LogP contribution in [0.3, 0.4) is 0 Å². The van der Waals surface area contributed by atoms with Crippen LogP contribution in [-0.2, 0) is 23.4 Å². The highest BCUT2D eigenvalue weighted by Crippen LogP contribution is 2.39. The van der Waals surface area contributed by atoms with Gasteiger partial charge >= 0.3 is 6.03 Å². The summed E-state index contributed by atoms with van der Waals surface area (Å²) in [6.07, 6.45) is 1.57. The van der Waals surface area contributed by atoms with Crippen LogP contribution in [0.25, 0.3) is 10.8 Å². The Morgan fingerprint density at radius 1 is 0.868 bits per heavy atom. The highest BCUT2D eigenvalue weighted by atomic mass is 16.2. The number of fused-ring (bicyclic) bond motifs is 1. The smallest absolute Gasteiger partial charge is 0.328 e. The molecule has 0 radical (unpaired) electrons. The molecule has 0 aliphatic carbocycles. The topological polar surface area (TPSA) is 122 Å². The summed E-state index contributed by atoms with van der Waals surface area (Å²) in [7, 11) is 0. The molecule has 4 aromatic rings. The monoisotopic (exact) mass is 505 g/mol. The largest absolute Gasteiger partial charge is 0.366 e. The first-order chi connectivity index (χ1) is 18.3. The fourth-order valence-corrected chi connectivity index (χ4v) is 4.93. The van der Waals surface area contributed by atoms with Gasteiger partial charge in [0.05, 0.1) is 12.8 Å². The SMILES string of the molecule is CC1(c2ccc(C(N)=O)cc2)C(=O)N(Cc2ccc3ccc(C=NN)cc3c2)C(=O)N1Cc1ccccc1. The molecule has 1 atom stereocenters. The van der Waals surface area contributed by atoms with Crippen LogP contribution in [0.4, 0.5) is 4.79 Å². The molecule has 1 fully saturated rings. The van der Waals surface area contributed by atoms with Gasteiger partial charge in [-0.05, 0) is 64.2 Å². The number of benzene rings is 4. The summed E-state index contributed by atoms with van der Waals surface area (Å²) in [5.74, 6) is 4.40. The maximum atomic E-state index is 14.0. The van der Waals surface area contributed by atoms with Gasteiger partial charge in [-0.1, -0.05) is 66.7 Å². The summed E-state index contributed by atoms with van der Waals surface area (Å²) in [4.78, 5) is 42.3. The number of nitrogens with two attached hydrogens (primary N) is 2. The van der Waals surface area contributed by atoms with E-state index in [1.807, 2.05) is 66.7 Å². The first kappa shape index (κ1) is 24.7. The van der Waals surface area contributed by atoms with Crippen LogP contribution in [-0.4, -0.2) is 33.9 Å². The van der Waals surface area contributed by atoms with Gasteiger partial charge in [-0.3, -0.25) is 14.5 Å². The Bertz CT molecular complexity index is 1570. The molecule has 5 rings (SSSR count). The average molecular weight is 506 g/mol. The van der Waals surface area contributed by atoms with E-state index >= 15 is 0 Å². The summed E-state index contributed by atoms with van der Waals surface area (Å²) < 4.78 is 0. The van der Waals surface area contributed by atoms with E-state index < -0.39 is 11.4 Å². The third kappa shape index (κ3) is 4.37. The molecule has 1 aliphatic rings. The van der Waals surface area contributed by atoms with E-state index in [2.05, 4.69) is 5.10 Å². The summed E-state index contributed by atoms with van der Waals surface area (Å²) in [5.41, 5.74) is 7.63. The number of carbonyl (C=O) groups is 3. The Labute approximate surface area is 220 Å². The molecule has 1 aliphatic heterocycles. The Balaban J connectivity index is 1.53. The van der Waals surface area contributed by atoms with Gasteiger partial charge in [-0.2, -0.15) is 5.10 Å². The zero-order chi connectivity index (χ0) is 26.9. The lowest BCUT2D eigenvalue weighted by atomic mass is 9.89. The van der Waals surface area contributed by atoms with E-state index in [9.17, 15) is 14.4 Å². The Kier molecular flexibility index (Phi) is 6.38. The Hall–Kier alpha value is -4.98. The van der Waals surface area contributed by atoms with Gasteiger partial charge in [0, 0.05) is 12.1 Å². The molecule has 0 spiro atoms. The third-order valence-corrected chi connectivity index (χ3v) is 7.07. The molecule has 4 amide bonds. The van der Waals surface area contributed by atoms with Crippen LogP contribution in [0.15, 0.2) is 96.1 Å². The molecule has 1 unspecified atom stereocenters. The maximum Gasteiger partial charge on any atom is 0.328 e. The fourth-order valence-electron chi connectivity index (χ4n) is 4.93. The zero-order valence-corrected chi connectivity index (χ0v) is 20.9. The number of hydrogen-bond acceptors (Lipinski definition) is 5. The lowest BCUT2D eigenvalue weighted by molar-refractivity contribution is -0.133. The van der Waals surface area contributed by atoms with Crippen molar-refractivity contribution in [1.29, 1.82) is 0 Å². The van der Waals surface area contributed by atoms with Gasteiger partial charge in [0.1, 0.15) is 5.54 Å². The molecule has 4 N–H and O–H groups in total. The summed E-state index contributed by atoms with van der Waals surface area (Å²) in [6.45, 7) is 2.10. The van der Waals surface area contributed by atoms with E-state index in [4.69, 9.17) is 11.6 Å². The average Bonchev–Trinajstić information content (AvgIpc) is 3.10. The van der Waals surface area contributed by atoms with Crippen molar-refractivity contribution in [2.45, 2.75) is 25.6 Å². The number of primary amides is 1. The molecule has 0 bridgehead atoms. The standard InChI is InChI=1S/C30H27N5O3/c1-30(26-13-11-24(12-14-26)27(31)36)28(37)34(29(38)35(30)19-20-5-3-2-4-6-20)18-22-8-10-23-9-7-21(17-33-32)15-25(23)16-22/h2-17H,18-19,32H2,1H3,(H2,31,36). The van der Waals surface area contributed by atoms with Crippen molar-refractivity contribution in [2.24, 2.45) is 16.7 Å². The van der Waals surface area contributed by atoms with Crippen LogP contribution in [0.1, 0.15) is 39.5 Å². The van der Waals surface area contributed by atoms with Crippen molar-refractivity contribution >= 4 is 34.8 Å². The van der Waals surface area contributed by atoms with Crippen LogP contribution in [0.2, 0.25) is 0 Å². The lowest BCUT2D eigenvalue weighted by Crippen LogP contribution is -2.44. The fraction of sp³-hybridized carbons (Fsp3) is 0.133. The van der Waals surface area contributed by atoms with Crippen LogP contribution in [0, 0.1) is 0 Å². The van der Waals surface area contributed by atoms with Crippen molar-refractivity contribution in [1.82, 2.24) is 9.80 Å². The number of nitrogens with zero attached hydrogens (tertiary/aromatic N) is 3. The molecule has 0 saturated carbocycles. The number of urea groups is 1. The van der Waals surface area contributed by atoms with Gasteiger partial charge < -0.3 is 16.5 Å². The summed E-state index contributed by atoms with van der Waals surface area (Å²) in [5, 5.41) is 5.56. The van der Waals surface area contributed by atoms with E-state index in [-0.39, 0.29) is 25.0 Å². The summed E-state index contributed by atoms with van der Waals surface area (Å²) in [6, 6.07) is 27.4. The minimum Gasteiger partial charge on any atom is -0.366 e. The van der Waals surface area contributed by atoms with Crippen LogP contribution >= 0.6 is 0 Å². The molecule has 1 heterocycles. The first-order valence-corrected chi connectivity index (χ1v) is 12.1. The van der Waals surface area contributed by atoms with E-state index in [1.165, 1.54) is 4.90 Å². The first-order valence-electron chi connectivity index (χ1n) is 12.1. The number of hydrazone groups is 1. The second-order valence-electron chi connectivity index (χ2n) is 9.48. The van der Waals surface area contributed by atoms with Crippen molar-refractivity contribution in [3.63, 3.8) is 0 Å². The van der Waals surface area contributed by atoms with Crippen molar-refractivity contribution < 1.29 is 14.4 Å². The molecular weight excluding hydrogens is 478 g/mol. The molecule has 0 aromatic heterocycles. The van der Waals surface area contributed by atoms with Crippen LogP contribution in [0.5, 0.6) is 0 Å². The predicted octanol–water partition coefficient (Wildman–Crippen LogP) is 4.11. The zero-order valence-electron chi connectivity index (χ0n) is 20.9. The van der Waals surface area contributed by atoms with E-state index in [1.54, 1.807) is 42.3 Å². The van der Waals surface area contributed by atoms with Crippen LogP contribution < -0.4 is 11.6 Å². The molecule has 8 heteroatoms. The molecule has 8 nitrogen and oxygen atoms in total. The molecule has 190 valence electrons. The van der Waals surface area contributed by atoms with Gasteiger partial charge in [0.2, 0.25) is 5.91 Å². The Morgan fingerprint density at radius 2 is 1.58 bits per heavy atom. The third-order valence-electron chi connectivity index (χ3n) is 7.07. The highest BCUT2D eigenvalue weighted by molar-refractivity contribution is 6.07. The molecule has 1 saturated heterocycles. The lowest BCUT2D eigenvalue weighted by Gasteiger charge is -2.32. The van der Waals surface area contributed by atoms with E-state index in [0.717, 1.165) is 27.5 Å². The number of amides is 4. The maximum absolute atomic E-state index is 14.0. The molecular formula is C30H27N5O3. The number of carbonyl (C=O) groups excluding carboxylic acids is 3. The van der Waals surface area contributed by atoms with Gasteiger partial charge in [0.15, 0.2) is 0 Å². The minimum absolute atomic E-state index is 0.114. The predicted molar refractivity (Wildman–Crippen MR) is 146 cm³/mol. The molecule has 38 heavy (non-hydrogen) atoms. The second kappa shape index (κ2) is 9.82. The van der Waals surface area contributed by atoms with Gasteiger partial charge in [0.25, 0.3) is 5.91 Å². The molecule has 4 aromatic carbocycles. The second-order valence-corrected chi connectivity index (χ2v) is 9.48. The summed E-state index contributed by atoms with van der Waals surface area (Å²) >= 11 is 0. The van der Waals surface area contributed by atoms with Crippen molar-refractivity contribution in [3.8, 4) is 0 Å². The van der Waals surface area contributed by atoms with Crippen molar-refractivity contribution in [2.75, 3.05) is 0 Å². The minimum atomic E-state index is -1.27. The van der Waals surface area contributed by atoms with E-state index in [0.29, 0.717) is 11.1 Å². The van der Waals surface area contributed by atoms with Gasteiger partial charge in [-0.15, -0.1) is 0 Å².